The molecule has 1 rings (SSSR count). The van der Waals surface area contributed by atoms with Gasteiger partial charge in [-0.25, -0.2) is 8.42 Å². The van der Waals surface area contributed by atoms with E-state index in [2.05, 4.69) is 31.9 Å². The Morgan fingerprint density at radius 2 is 1.83 bits per heavy atom. The fraction of sp³-hybridized carbons (Fsp3) is 0. The fourth-order valence-corrected chi connectivity index (χ4v) is 2.60. The molecule has 0 spiro atoms. The third-order valence-electron chi connectivity index (χ3n) is 1.16. The van der Waals surface area contributed by atoms with Gasteiger partial charge in [0.15, 0.2) is 0 Å². The molecule has 0 aliphatic rings. The summed E-state index contributed by atoms with van der Waals surface area (Å²) in [4.78, 5) is -0.253. The van der Waals surface area contributed by atoms with Crippen LogP contribution in [-0.2, 0) is 10.1 Å². The average molecular weight is 315 g/mol. The van der Waals surface area contributed by atoms with E-state index < -0.39 is 10.1 Å². The van der Waals surface area contributed by atoms with Gasteiger partial charge in [0, 0.05) is 8.95 Å². The van der Waals surface area contributed by atoms with Crippen molar-refractivity contribution in [2.75, 3.05) is 0 Å². The van der Waals surface area contributed by atoms with Gasteiger partial charge in [-0.15, -0.1) is 0 Å². The molecule has 0 bridgehead atoms. The maximum atomic E-state index is 10.6. The Labute approximate surface area is 86.8 Å². The second-order valence-corrected chi connectivity index (χ2v) is 5.15. The Kier molecular flexibility index (Phi) is 2.92. The number of halogens is 2. The van der Waals surface area contributed by atoms with Crippen molar-refractivity contribution in [2.24, 2.45) is 0 Å². The van der Waals surface area contributed by atoms with Crippen LogP contribution in [0.4, 0.5) is 0 Å². The van der Waals surface area contributed by atoms with Crippen LogP contribution >= 0.6 is 31.9 Å². The highest BCUT2D eigenvalue weighted by molar-refractivity contribution is 9.11. The lowest BCUT2D eigenvalue weighted by molar-refractivity contribution is 0.462. The van der Waals surface area contributed by atoms with E-state index >= 15 is 0 Å². The van der Waals surface area contributed by atoms with E-state index in [0.717, 1.165) is 0 Å². The molecule has 0 atom stereocenters. The topological polar surface area (TPSA) is 57.2 Å². The second-order valence-electron chi connectivity index (χ2n) is 2.03. The summed E-state index contributed by atoms with van der Waals surface area (Å²) in [6, 6.07) is 4.39. The van der Waals surface area contributed by atoms with Gasteiger partial charge in [-0.3, -0.25) is 0 Å². The first-order valence-electron chi connectivity index (χ1n) is 2.82. The zero-order valence-corrected chi connectivity index (χ0v) is 9.61. The minimum atomic E-state index is -4.38. The Hall–Kier alpha value is 0.0900. The van der Waals surface area contributed by atoms with Crippen LogP contribution < -0.4 is 0 Å². The highest BCUT2D eigenvalue weighted by Gasteiger charge is 2.06. The van der Waals surface area contributed by atoms with Gasteiger partial charge < -0.3 is 4.55 Å². The van der Waals surface area contributed by atoms with Crippen molar-refractivity contribution >= 4 is 42.0 Å². The van der Waals surface area contributed by atoms with E-state index in [9.17, 15) is 13.0 Å². The van der Waals surface area contributed by atoms with E-state index in [4.69, 9.17) is 0 Å². The summed E-state index contributed by atoms with van der Waals surface area (Å²) in [5, 5.41) is 0. The van der Waals surface area contributed by atoms with Crippen molar-refractivity contribution in [1.82, 2.24) is 0 Å². The zero-order chi connectivity index (χ0) is 9.35. The molecule has 0 heterocycles. The van der Waals surface area contributed by atoms with Gasteiger partial charge in [0.25, 0.3) is 0 Å². The lowest BCUT2D eigenvalue weighted by Crippen LogP contribution is -1.99. The molecule has 0 saturated heterocycles. The first-order valence-corrected chi connectivity index (χ1v) is 5.81. The predicted molar refractivity (Wildman–Crippen MR) is 49.8 cm³/mol. The molecule has 6 heteroatoms. The van der Waals surface area contributed by atoms with E-state index in [0.29, 0.717) is 4.47 Å². The van der Waals surface area contributed by atoms with Crippen LogP contribution in [0.2, 0.25) is 0 Å². The average Bonchev–Trinajstić information content (AvgIpc) is 1.92. The first-order chi connectivity index (χ1) is 5.41. The lowest BCUT2D eigenvalue weighted by atomic mass is 10.4. The van der Waals surface area contributed by atoms with Gasteiger partial charge in [-0.05, 0) is 34.1 Å². The summed E-state index contributed by atoms with van der Waals surface area (Å²) in [6.45, 7) is 0. The maximum Gasteiger partial charge on any atom is 0.125 e. The SMILES string of the molecule is O=S(=O)([O-])c1cc(Br)ccc1Br. The molecule has 0 N–H and O–H groups in total. The standard InChI is InChI=1S/C6H4Br2O3S/c7-4-1-2-5(8)6(3-4)12(9,10)11/h1-3H,(H,9,10,11)/p-1. The minimum Gasteiger partial charge on any atom is -0.744 e. The summed E-state index contributed by atoms with van der Waals surface area (Å²) in [6.07, 6.45) is 0. The summed E-state index contributed by atoms with van der Waals surface area (Å²) >= 11 is 6.03. The largest absolute Gasteiger partial charge is 0.744 e. The number of hydrogen-bond donors (Lipinski definition) is 0. The fourth-order valence-electron chi connectivity index (χ4n) is 0.669. The summed E-state index contributed by atoms with van der Waals surface area (Å²) in [7, 11) is -4.38. The highest BCUT2D eigenvalue weighted by Crippen LogP contribution is 2.24. The number of benzene rings is 1. The molecule has 0 aromatic heterocycles. The van der Waals surface area contributed by atoms with Crippen molar-refractivity contribution in [3.63, 3.8) is 0 Å². The maximum absolute atomic E-state index is 10.6. The van der Waals surface area contributed by atoms with Crippen molar-refractivity contribution in [2.45, 2.75) is 4.90 Å². The molecule has 0 aliphatic carbocycles. The molecule has 0 fully saturated rings. The van der Waals surface area contributed by atoms with Gasteiger partial charge >= 0.3 is 0 Å². The molecule has 0 unspecified atom stereocenters. The molecule has 1 aromatic carbocycles. The van der Waals surface area contributed by atoms with E-state index in [1.54, 1.807) is 6.07 Å². The Balaban J connectivity index is 3.43. The third kappa shape index (κ3) is 2.29. The Morgan fingerprint density at radius 3 is 2.25 bits per heavy atom. The van der Waals surface area contributed by atoms with Crippen LogP contribution in [0.5, 0.6) is 0 Å². The first kappa shape index (κ1) is 10.2. The second kappa shape index (κ2) is 3.45. The molecule has 12 heavy (non-hydrogen) atoms. The summed E-state index contributed by atoms with van der Waals surface area (Å²) < 4.78 is 32.6. The minimum absolute atomic E-state index is 0.253. The van der Waals surface area contributed by atoms with Crippen molar-refractivity contribution in [3.8, 4) is 0 Å². The van der Waals surface area contributed by atoms with Gasteiger partial charge in [0.1, 0.15) is 10.1 Å². The van der Waals surface area contributed by atoms with Crippen molar-refractivity contribution in [1.29, 1.82) is 0 Å². The van der Waals surface area contributed by atoms with Crippen LogP contribution in [0.3, 0.4) is 0 Å². The number of rotatable bonds is 1. The van der Waals surface area contributed by atoms with Crippen molar-refractivity contribution < 1.29 is 13.0 Å². The van der Waals surface area contributed by atoms with Crippen LogP contribution in [0.25, 0.3) is 0 Å². The third-order valence-corrected chi connectivity index (χ3v) is 3.49. The molecular formula is C6H3Br2O3S-. The molecule has 0 amide bonds. The summed E-state index contributed by atoms with van der Waals surface area (Å²) in [5.74, 6) is 0. The van der Waals surface area contributed by atoms with Gasteiger partial charge in [-0.2, -0.15) is 0 Å². The molecule has 0 radical (unpaired) electrons. The quantitative estimate of drug-likeness (QED) is 0.746. The normalized spacial score (nSPS) is 11.6. The van der Waals surface area contributed by atoms with Crippen LogP contribution in [0.1, 0.15) is 0 Å². The van der Waals surface area contributed by atoms with Crippen LogP contribution in [0, 0.1) is 0 Å². The Bertz CT molecular complexity index is 399. The molecule has 0 aliphatic heterocycles. The van der Waals surface area contributed by atoms with Gasteiger partial charge in [0.2, 0.25) is 0 Å². The number of hydrogen-bond acceptors (Lipinski definition) is 3. The summed E-state index contributed by atoms with van der Waals surface area (Å²) in [5.41, 5.74) is 0. The van der Waals surface area contributed by atoms with Crippen molar-refractivity contribution in [3.05, 3.63) is 27.1 Å². The Morgan fingerprint density at radius 1 is 1.25 bits per heavy atom. The molecule has 0 saturated carbocycles. The van der Waals surface area contributed by atoms with Crippen LogP contribution in [0.15, 0.2) is 32.0 Å². The monoisotopic (exact) mass is 313 g/mol. The molecule has 66 valence electrons. The van der Waals surface area contributed by atoms with E-state index in [1.165, 1.54) is 12.1 Å². The van der Waals surface area contributed by atoms with Crippen LogP contribution in [-0.4, -0.2) is 13.0 Å². The molecule has 1 aromatic rings. The molecule has 3 nitrogen and oxygen atoms in total. The zero-order valence-electron chi connectivity index (χ0n) is 5.62. The molecular weight excluding hydrogens is 312 g/mol. The predicted octanol–water partition coefficient (Wildman–Crippen LogP) is 2.12. The lowest BCUT2D eigenvalue weighted by Gasteiger charge is -2.08. The van der Waals surface area contributed by atoms with Gasteiger partial charge in [0.05, 0.1) is 4.90 Å². The highest BCUT2D eigenvalue weighted by atomic mass is 79.9. The van der Waals surface area contributed by atoms with Gasteiger partial charge in [-0.1, -0.05) is 15.9 Å². The smallest absolute Gasteiger partial charge is 0.125 e. The van der Waals surface area contributed by atoms with E-state index in [1.807, 2.05) is 0 Å². The van der Waals surface area contributed by atoms with E-state index in [-0.39, 0.29) is 9.37 Å².